The summed E-state index contributed by atoms with van der Waals surface area (Å²) in [6.45, 7) is 8.29. The van der Waals surface area contributed by atoms with E-state index in [1.54, 1.807) is 6.26 Å². The number of carbonyl (C=O) groups excluding carboxylic acids is 1. The van der Waals surface area contributed by atoms with Crippen LogP contribution < -0.4 is 5.32 Å². The number of rotatable bonds is 5. The predicted molar refractivity (Wildman–Crippen MR) is 96.8 cm³/mol. The molecule has 0 aliphatic heterocycles. The molecule has 0 saturated carbocycles. The summed E-state index contributed by atoms with van der Waals surface area (Å²) in [6, 6.07) is 11.5. The Morgan fingerprint density at radius 2 is 2.00 bits per heavy atom. The molecule has 2 aromatic heterocycles. The Bertz CT molecular complexity index is 878. The monoisotopic (exact) mass is 337 g/mol. The van der Waals surface area contributed by atoms with Crippen LogP contribution in [0.1, 0.15) is 44.7 Å². The molecule has 25 heavy (non-hydrogen) atoms. The quantitative estimate of drug-likeness (QED) is 0.772. The van der Waals surface area contributed by atoms with E-state index in [1.165, 1.54) is 0 Å². The molecule has 1 amide bonds. The highest BCUT2D eigenvalue weighted by atomic mass is 16.3. The van der Waals surface area contributed by atoms with Crippen LogP contribution in [0.5, 0.6) is 0 Å². The fourth-order valence-corrected chi connectivity index (χ4v) is 3.02. The molecule has 1 aromatic carbocycles. The summed E-state index contributed by atoms with van der Waals surface area (Å²) in [6.07, 6.45) is 1.64. The van der Waals surface area contributed by atoms with Crippen LogP contribution in [0.15, 0.2) is 47.1 Å². The number of aromatic nitrogens is 2. The minimum absolute atomic E-state index is 0.0840. The standard InChI is InChI=1S/C20H23N3O2/c1-13-7-8-14(2)17(10-13)20(24)21-12-18(19-6-5-9-25-19)23-16(4)11-15(3)22-23/h5-11,18H,12H2,1-4H3,(H,21,24). The van der Waals surface area contributed by atoms with Gasteiger partial charge in [0, 0.05) is 17.8 Å². The van der Waals surface area contributed by atoms with E-state index in [1.807, 2.05) is 68.8 Å². The van der Waals surface area contributed by atoms with Gasteiger partial charge in [-0.05, 0) is 57.5 Å². The van der Waals surface area contributed by atoms with E-state index in [0.717, 1.165) is 28.3 Å². The molecule has 0 fully saturated rings. The van der Waals surface area contributed by atoms with Crippen LogP contribution in [-0.2, 0) is 0 Å². The Morgan fingerprint density at radius 3 is 2.64 bits per heavy atom. The number of carbonyl (C=O) groups is 1. The van der Waals surface area contributed by atoms with E-state index in [4.69, 9.17) is 4.42 Å². The zero-order valence-electron chi connectivity index (χ0n) is 15.0. The van der Waals surface area contributed by atoms with Crippen LogP contribution in [0, 0.1) is 27.7 Å². The average molecular weight is 337 g/mol. The fraction of sp³-hybridized carbons (Fsp3) is 0.300. The van der Waals surface area contributed by atoms with Crippen LogP contribution in [0.2, 0.25) is 0 Å². The van der Waals surface area contributed by atoms with Crippen molar-refractivity contribution >= 4 is 5.91 Å². The summed E-state index contributed by atoms with van der Waals surface area (Å²) in [4.78, 5) is 12.6. The van der Waals surface area contributed by atoms with Crippen LogP contribution in [0.3, 0.4) is 0 Å². The minimum atomic E-state index is -0.183. The highest BCUT2D eigenvalue weighted by molar-refractivity contribution is 5.95. The van der Waals surface area contributed by atoms with Crippen molar-refractivity contribution in [3.05, 3.63) is 76.5 Å². The number of benzene rings is 1. The number of amides is 1. The maximum atomic E-state index is 12.6. The normalized spacial score (nSPS) is 12.2. The second kappa shape index (κ2) is 6.97. The van der Waals surface area contributed by atoms with Crippen molar-refractivity contribution in [2.75, 3.05) is 6.54 Å². The van der Waals surface area contributed by atoms with Crippen molar-refractivity contribution in [2.24, 2.45) is 0 Å². The first-order chi connectivity index (χ1) is 12.0. The fourth-order valence-electron chi connectivity index (χ4n) is 3.02. The highest BCUT2D eigenvalue weighted by Crippen LogP contribution is 2.20. The molecule has 1 N–H and O–H groups in total. The van der Waals surface area contributed by atoms with Gasteiger partial charge >= 0.3 is 0 Å². The zero-order valence-corrected chi connectivity index (χ0v) is 15.0. The van der Waals surface area contributed by atoms with E-state index < -0.39 is 0 Å². The summed E-state index contributed by atoms with van der Waals surface area (Å²) in [7, 11) is 0. The molecule has 5 nitrogen and oxygen atoms in total. The molecule has 3 rings (SSSR count). The van der Waals surface area contributed by atoms with Crippen molar-refractivity contribution in [2.45, 2.75) is 33.7 Å². The van der Waals surface area contributed by atoms with Gasteiger partial charge in [-0.25, -0.2) is 0 Å². The first-order valence-corrected chi connectivity index (χ1v) is 8.37. The van der Waals surface area contributed by atoms with Gasteiger partial charge < -0.3 is 9.73 Å². The molecule has 0 bridgehead atoms. The lowest BCUT2D eigenvalue weighted by Crippen LogP contribution is -2.32. The van der Waals surface area contributed by atoms with Gasteiger partial charge in [-0.2, -0.15) is 5.10 Å². The third kappa shape index (κ3) is 3.65. The van der Waals surface area contributed by atoms with Crippen molar-refractivity contribution in [3.8, 4) is 0 Å². The van der Waals surface area contributed by atoms with Gasteiger partial charge in [-0.1, -0.05) is 17.7 Å². The Morgan fingerprint density at radius 1 is 1.20 bits per heavy atom. The zero-order chi connectivity index (χ0) is 18.0. The van der Waals surface area contributed by atoms with E-state index >= 15 is 0 Å². The van der Waals surface area contributed by atoms with Crippen molar-refractivity contribution in [1.82, 2.24) is 15.1 Å². The Labute approximate surface area is 147 Å². The Kier molecular flexibility index (Phi) is 4.74. The molecule has 0 aliphatic rings. The molecule has 1 atom stereocenters. The Balaban J connectivity index is 1.83. The lowest BCUT2D eigenvalue weighted by Gasteiger charge is -2.18. The SMILES string of the molecule is Cc1ccc(C)c(C(=O)NCC(c2ccco2)n2nc(C)cc2C)c1. The molecular weight excluding hydrogens is 314 g/mol. The van der Waals surface area contributed by atoms with Gasteiger partial charge in [0.1, 0.15) is 11.8 Å². The van der Waals surface area contributed by atoms with Crippen molar-refractivity contribution in [1.29, 1.82) is 0 Å². The summed E-state index contributed by atoms with van der Waals surface area (Å²) >= 11 is 0. The summed E-state index contributed by atoms with van der Waals surface area (Å²) in [5.74, 6) is 0.687. The third-order valence-corrected chi connectivity index (χ3v) is 4.31. The van der Waals surface area contributed by atoms with Crippen LogP contribution >= 0.6 is 0 Å². The molecule has 130 valence electrons. The van der Waals surface area contributed by atoms with Crippen LogP contribution in [0.4, 0.5) is 0 Å². The number of hydrogen-bond acceptors (Lipinski definition) is 3. The predicted octanol–water partition coefficient (Wildman–Crippen LogP) is 3.73. The molecule has 3 aromatic rings. The van der Waals surface area contributed by atoms with E-state index in [2.05, 4.69) is 10.4 Å². The summed E-state index contributed by atoms with van der Waals surface area (Å²) in [5, 5.41) is 7.58. The van der Waals surface area contributed by atoms with Gasteiger partial charge in [-0.3, -0.25) is 9.48 Å². The minimum Gasteiger partial charge on any atom is -0.467 e. The van der Waals surface area contributed by atoms with Gasteiger partial charge in [-0.15, -0.1) is 0 Å². The Hall–Kier alpha value is -2.82. The van der Waals surface area contributed by atoms with Gasteiger partial charge in [0.05, 0.1) is 12.0 Å². The number of nitrogens with one attached hydrogen (secondary N) is 1. The van der Waals surface area contributed by atoms with Crippen molar-refractivity contribution < 1.29 is 9.21 Å². The second-order valence-corrected chi connectivity index (χ2v) is 6.43. The maximum Gasteiger partial charge on any atom is 0.251 e. The van der Waals surface area contributed by atoms with E-state index in [0.29, 0.717) is 12.1 Å². The first-order valence-electron chi connectivity index (χ1n) is 8.37. The van der Waals surface area contributed by atoms with Crippen molar-refractivity contribution in [3.63, 3.8) is 0 Å². The highest BCUT2D eigenvalue weighted by Gasteiger charge is 2.21. The second-order valence-electron chi connectivity index (χ2n) is 6.43. The molecule has 2 heterocycles. The molecule has 1 unspecified atom stereocenters. The third-order valence-electron chi connectivity index (χ3n) is 4.31. The molecular formula is C20H23N3O2. The summed E-state index contributed by atoms with van der Waals surface area (Å²) < 4.78 is 7.48. The number of nitrogens with zero attached hydrogens (tertiary/aromatic N) is 2. The molecule has 0 aliphatic carbocycles. The summed E-state index contributed by atoms with van der Waals surface area (Å²) in [5.41, 5.74) is 4.70. The topological polar surface area (TPSA) is 60.1 Å². The number of aryl methyl sites for hydroxylation is 4. The van der Waals surface area contributed by atoms with Crippen LogP contribution in [0.25, 0.3) is 0 Å². The smallest absolute Gasteiger partial charge is 0.251 e. The van der Waals surface area contributed by atoms with Crippen LogP contribution in [-0.4, -0.2) is 22.2 Å². The maximum absolute atomic E-state index is 12.6. The van der Waals surface area contributed by atoms with Gasteiger partial charge in [0.25, 0.3) is 5.91 Å². The molecule has 0 saturated heterocycles. The number of furan rings is 1. The first kappa shape index (κ1) is 17.0. The number of hydrogen-bond donors (Lipinski definition) is 1. The molecule has 0 spiro atoms. The van der Waals surface area contributed by atoms with Gasteiger partial charge in [0.2, 0.25) is 0 Å². The lowest BCUT2D eigenvalue weighted by molar-refractivity contribution is 0.0947. The van der Waals surface area contributed by atoms with Gasteiger partial charge in [0.15, 0.2) is 0 Å². The lowest BCUT2D eigenvalue weighted by atomic mass is 10.0. The van der Waals surface area contributed by atoms with E-state index in [-0.39, 0.29) is 11.9 Å². The average Bonchev–Trinajstić information content (AvgIpc) is 3.20. The molecule has 0 radical (unpaired) electrons. The largest absolute Gasteiger partial charge is 0.467 e. The van der Waals surface area contributed by atoms with E-state index in [9.17, 15) is 4.79 Å². The molecule has 5 heteroatoms.